The van der Waals surface area contributed by atoms with E-state index in [0.717, 1.165) is 17.7 Å². The lowest BCUT2D eigenvalue weighted by atomic mass is 10.0. The number of imide groups is 1. The molecule has 112 valence electrons. The van der Waals surface area contributed by atoms with Crippen molar-refractivity contribution in [2.24, 2.45) is 5.92 Å². The fourth-order valence-corrected chi connectivity index (χ4v) is 2.74. The molecule has 1 fully saturated rings. The molecule has 2 amide bonds. The average molecular weight is 311 g/mol. The molecule has 1 atom stereocenters. The van der Waals surface area contributed by atoms with Gasteiger partial charge >= 0.3 is 0 Å². The molecule has 7 heteroatoms. The number of carbonyl (C=O) groups excluding carboxylic acids is 2. The van der Waals surface area contributed by atoms with Gasteiger partial charge in [-0.05, 0) is 24.5 Å². The zero-order valence-electron chi connectivity index (χ0n) is 11.5. The first-order valence-electron chi connectivity index (χ1n) is 6.72. The summed E-state index contributed by atoms with van der Waals surface area (Å²) >= 11 is 5.81. The van der Waals surface area contributed by atoms with E-state index in [9.17, 15) is 19.7 Å². The Balaban J connectivity index is 2.30. The van der Waals surface area contributed by atoms with Gasteiger partial charge in [-0.3, -0.25) is 24.6 Å². The largest absolute Gasteiger partial charge is 0.282 e. The van der Waals surface area contributed by atoms with Crippen LogP contribution in [0.5, 0.6) is 0 Å². The van der Waals surface area contributed by atoms with Gasteiger partial charge in [-0.1, -0.05) is 24.9 Å². The Morgan fingerprint density at radius 3 is 2.86 bits per heavy atom. The number of likely N-dealkylation sites (tertiary alicyclic amines) is 1. The maximum absolute atomic E-state index is 12.4. The molecule has 0 saturated carbocycles. The highest BCUT2D eigenvalue weighted by Gasteiger charge is 2.36. The minimum absolute atomic E-state index is 0.129. The molecule has 1 aromatic carbocycles. The summed E-state index contributed by atoms with van der Waals surface area (Å²) in [7, 11) is 0. The molecule has 2 rings (SSSR count). The van der Waals surface area contributed by atoms with Crippen LogP contribution in [0.3, 0.4) is 0 Å². The molecule has 0 aliphatic carbocycles. The molecule has 21 heavy (non-hydrogen) atoms. The molecule has 1 aromatic rings. The predicted molar refractivity (Wildman–Crippen MR) is 77.2 cm³/mol. The van der Waals surface area contributed by atoms with E-state index in [1.165, 1.54) is 18.2 Å². The fraction of sp³-hybridized carbons (Fsp3) is 0.429. The molecule has 0 spiro atoms. The van der Waals surface area contributed by atoms with E-state index < -0.39 is 10.8 Å². The third-order valence-electron chi connectivity index (χ3n) is 3.53. The number of halogens is 1. The summed E-state index contributed by atoms with van der Waals surface area (Å²) in [6.45, 7) is 2.33. The summed E-state index contributed by atoms with van der Waals surface area (Å²) in [5.74, 6) is -0.801. The van der Waals surface area contributed by atoms with Gasteiger partial charge in [0.05, 0.1) is 4.92 Å². The van der Waals surface area contributed by atoms with Crippen LogP contribution in [-0.4, -0.2) is 28.2 Å². The van der Waals surface area contributed by atoms with E-state index >= 15 is 0 Å². The number of nitro benzene ring substituents is 1. The Labute approximate surface area is 126 Å². The molecule has 6 nitrogen and oxygen atoms in total. The molecular weight excluding hydrogens is 296 g/mol. The maximum Gasteiger partial charge on any atom is 0.282 e. The molecule has 0 N–H and O–H groups in total. The van der Waals surface area contributed by atoms with Gasteiger partial charge in [-0.25, -0.2) is 0 Å². The highest BCUT2D eigenvalue weighted by atomic mass is 35.5. The van der Waals surface area contributed by atoms with E-state index in [2.05, 4.69) is 0 Å². The van der Waals surface area contributed by atoms with Gasteiger partial charge in [0.15, 0.2) is 0 Å². The highest BCUT2D eigenvalue weighted by Crippen LogP contribution is 2.28. The first-order valence-corrected chi connectivity index (χ1v) is 7.10. The number of nitro groups is 1. The molecule has 1 heterocycles. The van der Waals surface area contributed by atoms with Crippen molar-refractivity contribution in [3.8, 4) is 0 Å². The third kappa shape index (κ3) is 3.21. The minimum atomic E-state index is -0.646. The zero-order valence-corrected chi connectivity index (χ0v) is 12.3. The van der Waals surface area contributed by atoms with Crippen molar-refractivity contribution < 1.29 is 14.5 Å². The number of carbonyl (C=O) groups is 2. The van der Waals surface area contributed by atoms with Crippen molar-refractivity contribution in [3.63, 3.8) is 0 Å². The van der Waals surface area contributed by atoms with Crippen LogP contribution in [0.25, 0.3) is 0 Å². The van der Waals surface area contributed by atoms with Crippen LogP contribution in [0.4, 0.5) is 5.69 Å². The molecule has 1 aliphatic rings. The zero-order chi connectivity index (χ0) is 15.6. The molecular formula is C14H15ClN2O4. The second kappa shape index (κ2) is 6.22. The van der Waals surface area contributed by atoms with Gasteiger partial charge in [0, 0.05) is 24.1 Å². The summed E-state index contributed by atoms with van der Waals surface area (Å²) in [5.41, 5.74) is -0.478. The number of benzene rings is 1. The monoisotopic (exact) mass is 310 g/mol. The van der Waals surface area contributed by atoms with E-state index in [1.54, 1.807) is 0 Å². The molecule has 0 bridgehead atoms. The van der Waals surface area contributed by atoms with Crippen LogP contribution in [0, 0.1) is 16.0 Å². The van der Waals surface area contributed by atoms with Gasteiger partial charge in [0.25, 0.3) is 11.6 Å². The molecule has 1 unspecified atom stereocenters. The molecule has 0 radical (unpaired) electrons. The van der Waals surface area contributed by atoms with Crippen LogP contribution in [0.1, 0.15) is 36.5 Å². The number of amides is 2. The first-order chi connectivity index (χ1) is 9.93. The summed E-state index contributed by atoms with van der Waals surface area (Å²) in [4.78, 5) is 35.8. The number of rotatable bonds is 4. The van der Waals surface area contributed by atoms with Gasteiger partial charge in [-0.2, -0.15) is 0 Å². The van der Waals surface area contributed by atoms with Gasteiger partial charge in [0.1, 0.15) is 5.56 Å². The fourth-order valence-electron chi connectivity index (χ4n) is 2.56. The van der Waals surface area contributed by atoms with Crippen LogP contribution < -0.4 is 0 Å². The SMILES string of the molecule is CCCC1CC(=O)N(C(=O)c2cc(Cl)ccc2[N+](=O)[O-])C1. The van der Waals surface area contributed by atoms with E-state index in [4.69, 9.17) is 11.6 Å². The number of hydrogen-bond donors (Lipinski definition) is 0. The summed E-state index contributed by atoms with van der Waals surface area (Å²) < 4.78 is 0. The van der Waals surface area contributed by atoms with E-state index in [1.807, 2.05) is 6.92 Å². The Hall–Kier alpha value is -1.95. The summed E-state index contributed by atoms with van der Waals surface area (Å²) in [6.07, 6.45) is 2.10. The quantitative estimate of drug-likeness (QED) is 0.486. The lowest BCUT2D eigenvalue weighted by molar-refractivity contribution is -0.385. The average Bonchev–Trinajstić information content (AvgIpc) is 2.78. The van der Waals surface area contributed by atoms with E-state index in [0.29, 0.717) is 13.0 Å². The Bertz CT molecular complexity index is 603. The Morgan fingerprint density at radius 2 is 2.24 bits per heavy atom. The summed E-state index contributed by atoms with van der Waals surface area (Å²) in [6, 6.07) is 3.77. The maximum atomic E-state index is 12.4. The van der Waals surface area contributed by atoms with Crippen molar-refractivity contribution in [2.75, 3.05) is 6.54 Å². The predicted octanol–water partition coefficient (Wildman–Crippen LogP) is 3.04. The molecule has 1 aliphatic heterocycles. The minimum Gasteiger partial charge on any atom is -0.278 e. The Kier molecular flexibility index (Phi) is 4.57. The number of hydrogen-bond acceptors (Lipinski definition) is 4. The molecule has 0 aromatic heterocycles. The lowest BCUT2D eigenvalue weighted by Crippen LogP contribution is -2.32. The normalized spacial score (nSPS) is 18.1. The van der Waals surface area contributed by atoms with Crippen molar-refractivity contribution in [2.45, 2.75) is 26.2 Å². The standard InChI is InChI=1S/C14H15ClN2O4/c1-2-3-9-6-13(18)16(8-9)14(19)11-7-10(15)4-5-12(11)17(20)21/h4-5,7,9H,2-3,6,8H2,1H3. The van der Waals surface area contributed by atoms with Crippen LogP contribution in [-0.2, 0) is 4.79 Å². The molecule has 1 saturated heterocycles. The number of nitrogens with zero attached hydrogens (tertiary/aromatic N) is 2. The smallest absolute Gasteiger partial charge is 0.278 e. The van der Waals surface area contributed by atoms with Crippen LogP contribution in [0.2, 0.25) is 5.02 Å². The second-order valence-electron chi connectivity index (χ2n) is 5.09. The third-order valence-corrected chi connectivity index (χ3v) is 3.77. The van der Waals surface area contributed by atoms with Crippen molar-refractivity contribution >= 4 is 29.1 Å². The van der Waals surface area contributed by atoms with Crippen molar-refractivity contribution in [1.29, 1.82) is 0 Å². The van der Waals surface area contributed by atoms with Crippen molar-refractivity contribution in [1.82, 2.24) is 4.90 Å². The van der Waals surface area contributed by atoms with E-state index in [-0.39, 0.29) is 28.1 Å². The van der Waals surface area contributed by atoms with Gasteiger partial charge in [-0.15, -0.1) is 0 Å². The highest BCUT2D eigenvalue weighted by molar-refractivity contribution is 6.31. The lowest BCUT2D eigenvalue weighted by Gasteiger charge is -2.15. The van der Waals surface area contributed by atoms with Gasteiger partial charge < -0.3 is 0 Å². The Morgan fingerprint density at radius 1 is 1.52 bits per heavy atom. The summed E-state index contributed by atoms with van der Waals surface area (Å²) in [5, 5.41) is 11.2. The van der Waals surface area contributed by atoms with Gasteiger partial charge in [0.2, 0.25) is 5.91 Å². The van der Waals surface area contributed by atoms with Crippen molar-refractivity contribution in [3.05, 3.63) is 38.9 Å². The topological polar surface area (TPSA) is 80.5 Å². The second-order valence-corrected chi connectivity index (χ2v) is 5.52. The van der Waals surface area contributed by atoms with Crippen LogP contribution in [0.15, 0.2) is 18.2 Å². The first kappa shape index (κ1) is 15.4. The van der Waals surface area contributed by atoms with Crippen LogP contribution >= 0.6 is 11.6 Å².